The van der Waals surface area contributed by atoms with Crippen molar-refractivity contribution in [3.05, 3.63) is 24.4 Å². The zero-order valence-corrected chi connectivity index (χ0v) is 13.0. The monoisotopic (exact) mass is 371 g/mol. The SMILES string of the molecule is O.O.Oc1ccccn1.[Cl][Cr][Cl].[Cl][Ti][Cl]. The molecule has 10 heteroatoms. The quantitative estimate of drug-likeness (QED) is 0.704. The zero-order valence-electron chi connectivity index (χ0n) is 7.12. The summed E-state index contributed by atoms with van der Waals surface area (Å²) in [6, 6.07) is 5.00. The van der Waals surface area contributed by atoms with Crippen molar-refractivity contribution in [2.45, 2.75) is 0 Å². The first-order chi connectivity index (χ1) is 6.22. The van der Waals surface area contributed by atoms with E-state index in [1.54, 1.807) is 12.1 Å². The minimum atomic E-state index is -0.556. The Hall–Kier alpha value is 1.28. The summed E-state index contributed by atoms with van der Waals surface area (Å²) in [6.45, 7) is 0. The topological polar surface area (TPSA) is 96.1 Å². The molecule has 0 amide bonds. The molecule has 0 radical (unpaired) electrons. The number of aromatic nitrogens is 1. The standard InChI is InChI=1S/C5H5NO.4ClH.Cr.2H2O.Ti/c7-5-3-1-2-4-6-5;;;;;;;;/h1-4H,(H,6,7);4*1H;;2*1H2;/q;;;;;+2;;;+2/p-4. The Morgan fingerprint density at radius 2 is 1.60 bits per heavy atom. The molecule has 5 N–H and O–H groups in total. The molecule has 15 heavy (non-hydrogen) atoms. The van der Waals surface area contributed by atoms with Crippen molar-refractivity contribution >= 4 is 38.7 Å². The van der Waals surface area contributed by atoms with E-state index < -0.39 is 17.0 Å². The van der Waals surface area contributed by atoms with E-state index in [0.717, 1.165) is 0 Å². The maximum atomic E-state index is 8.52. The third-order valence-corrected chi connectivity index (χ3v) is 0.649. The summed E-state index contributed by atoms with van der Waals surface area (Å²) in [5.41, 5.74) is 0. The second-order valence-electron chi connectivity index (χ2n) is 1.32. The number of pyridine rings is 1. The molecule has 0 saturated heterocycles. The van der Waals surface area contributed by atoms with E-state index in [1.165, 1.54) is 12.3 Å². The van der Waals surface area contributed by atoms with Crippen molar-refractivity contribution in [3.8, 4) is 5.88 Å². The molecule has 0 aliphatic carbocycles. The molecular weight excluding hydrogens is 364 g/mol. The van der Waals surface area contributed by atoms with Gasteiger partial charge in [-0.2, -0.15) is 0 Å². The molecule has 1 aromatic heterocycles. The van der Waals surface area contributed by atoms with E-state index in [4.69, 9.17) is 43.8 Å². The van der Waals surface area contributed by atoms with E-state index in [1.807, 2.05) is 0 Å². The van der Waals surface area contributed by atoms with Crippen molar-refractivity contribution in [3.63, 3.8) is 0 Å². The molecule has 0 spiro atoms. The van der Waals surface area contributed by atoms with Gasteiger partial charge < -0.3 is 16.1 Å². The molecule has 1 aromatic rings. The number of hydrogen-bond acceptors (Lipinski definition) is 2. The van der Waals surface area contributed by atoms with Gasteiger partial charge in [0.15, 0.2) is 0 Å². The van der Waals surface area contributed by atoms with Crippen molar-refractivity contribution < 1.29 is 46.5 Å². The van der Waals surface area contributed by atoms with E-state index >= 15 is 0 Å². The Labute approximate surface area is 119 Å². The van der Waals surface area contributed by atoms with Gasteiger partial charge in [-0.05, 0) is 6.07 Å². The van der Waals surface area contributed by atoms with Gasteiger partial charge in [0.25, 0.3) is 0 Å². The number of hydrogen-bond donors (Lipinski definition) is 1. The molecule has 1 rings (SSSR count). The summed E-state index contributed by atoms with van der Waals surface area (Å²) in [6.07, 6.45) is 1.54. The summed E-state index contributed by atoms with van der Waals surface area (Å²) >= 11 is -0.736. The van der Waals surface area contributed by atoms with Crippen LogP contribution >= 0.6 is 38.7 Å². The number of aromatic hydroxyl groups is 1. The molecule has 90 valence electrons. The Bertz CT molecular complexity index is 185. The van der Waals surface area contributed by atoms with E-state index in [2.05, 4.69) is 4.98 Å². The third kappa shape index (κ3) is 31.3. The number of halogens is 4. The second kappa shape index (κ2) is 24.5. The van der Waals surface area contributed by atoms with Gasteiger partial charge in [0, 0.05) is 12.3 Å². The average Bonchev–Trinajstić information content (AvgIpc) is 2.08. The minimum absolute atomic E-state index is 0. The molecule has 0 aromatic carbocycles. The van der Waals surface area contributed by atoms with E-state index in [9.17, 15) is 0 Å². The Kier molecular flexibility index (Phi) is 41.1. The van der Waals surface area contributed by atoms with Gasteiger partial charge >= 0.3 is 69.1 Å². The second-order valence-corrected chi connectivity index (χ2v) is 6.00. The van der Waals surface area contributed by atoms with Crippen LogP contribution in [-0.2, 0) is 30.4 Å². The molecule has 0 aliphatic heterocycles. The molecular formula is C5H9Cl4CrNO3Ti. The molecule has 4 nitrogen and oxygen atoms in total. The zero-order chi connectivity index (χ0) is 10.5. The van der Waals surface area contributed by atoms with Crippen molar-refractivity contribution in [2.24, 2.45) is 0 Å². The van der Waals surface area contributed by atoms with Crippen molar-refractivity contribution in [1.29, 1.82) is 0 Å². The predicted molar refractivity (Wildman–Crippen MR) is 56.5 cm³/mol. The molecule has 0 bridgehead atoms. The summed E-state index contributed by atoms with van der Waals surface area (Å²) in [5.74, 6) is 0.0718. The van der Waals surface area contributed by atoms with Crippen LogP contribution in [0, 0.1) is 0 Å². The molecule has 0 saturated carbocycles. The van der Waals surface area contributed by atoms with Gasteiger partial charge in [-0.15, -0.1) is 0 Å². The first kappa shape index (κ1) is 25.2. The fourth-order valence-corrected chi connectivity index (χ4v) is 0.354. The summed E-state index contributed by atoms with van der Waals surface area (Å²) < 4.78 is 0. The predicted octanol–water partition coefficient (Wildman–Crippen LogP) is 1.89. The summed E-state index contributed by atoms with van der Waals surface area (Å²) in [5, 5.41) is 8.52. The molecule has 0 unspecified atom stereocenters. The average molecular weight is 373 g/mol. The Morgan fingerprint density at radius 1 is 1.20 bits per heavy atom. The fourth-order valence-electron chi connectivity index (χ4n) is 0.354. The molecule has 0 fully saturated rings. The fraction of sp³-hybridized carbons (Fsp3) is 0. The Morgan fingerprint density at radius 3 is 1.73 bits per heavy atom. The van der Waals surface area contributed by atoms with Crippen LogP contribution in [0.25, 0.3) is 0 Å². The van der Waals surface area contributed by atoms with Crippen LogP contribution in [0.3, 0.4) is 0 Å². The summed E-state index contributed by atoms with van der Waals surface area (Å²) in [4.78, 5) is 3.53. The van der Waals surface area contributed by atoms with Crippen molar-refractivity contribution in [2.75, 3.05) is 0 Å². The van der Waals surface area contributed by atoms with Crippen LogP contribution in [0.4, 0.5) is 0 Å². The Balaban J connectivity index is -0.0000000665. The van der Waals surface area contributed by atoms with Crippen LogP contribution in [0.1, 0.15) is 0 Å². The maximum absolute atomic E-state index is 8.52. The normalized spacial score (nSPS) is 6.13. The molecule has 0 aliphatic rings. The van der Waals surface area contributed by atoms with Gasteiger partial charge in [-0.3, -0.25) is 0 Å². The molecule has 1 heterocycles. The van der Waals surface area contributed by atoms with E-state index in [0.29, 0.717) is 0 Å². The third-order valence-electron chi connectivity index (χ3n) is 0.649. The van der Waals surface area contributed by atoms with Gasteiger partial charge in [0.1, 0.15) is 0 Å². The van der Waals surface area contributed by atoms with Gasteiger partial charge in [-0.25, -0.2) is 4.98 Å². The number of nitrogens with zero attached hydrogens (tertiary/aromatic N) is 1. The van der Waals surface area contributed by atoms with Crippen LogP contribution < -0.4 is 0 Å². The van der Waals surface area contributed by atoms with Gasteiger partial charge in [0.2, 0.25) is 5.88 Å². The van der Waals surface area contributed by atoms with Crippen LogP contribution in [-0.4, -0.2) is 21.0 Å². The number of rotatable bonds is 0. The van der Waals surface area contributed by atoms with E-state index in [-0.39, 0.29) is 30.2 Å². The van der Waals surface area contributed by atoms with Crippen LogP contribution in [0.2, 0.25) is 0 Å². The van der Waals surface area contributed by atoms with Crippen LogP contribution in [0.15, 0.2) is 24.4 Å². The first-order valence-electron chi connectivity index (χ1n) is 2.68. The van der Waals surface area contributed by atoms with Crippen LogP contribution in [0.5, 0.6) is 5.88 Å². The van der Waals surface area contributed by atoms with Gasteiger partial charge in [0.05, 0.1) is 0 Å². The molecule has 0 atom stereocenters. The van der Waals surface area contributed by atoms with Crippen molar-refractivity contribution in [1.82, 2.24) is 4.98 Å². The first-order valence-corrected chi connectivity index (χ1v) is 10.5. The summed E-state index contributed by atoms with van der Waals surface area (Å²) in [7, 11) is 19.4. The van der Waals surface area contributed by atoms with Gasteiger partial charge in [-0.1, -0.05) is 6.07 Å².